The largest absolute Gasteiger partial charge is 0.301 e. The molecule has 0 radical (unpaired) electrons. The molecule has 25 heavy (non-hydrogen) atoms. The third-order valence-electron chi connectivity index (χ3n) is 3.86. The van der Waals surface area contributed by atoms with Crippen LogP contribution in [0.4, 0.5) is 8.78 Å². The van der Waals surface area contributed by atoms with Crippen molar-refractivity contribution >= 4 is 20.0 Å². The van der Waals surface area contributed by atoms with Gasteiger partial charge in [0, 0.05) is 32.7 Å². The number of piperazine rings is 1. The van der Waals surface area contributed by atoms with Crippen molar-refractivity contribution in [3.63, 3.8) is 0 Å². The summed E-state index contributed by atoms with van der Waals surface area (Å²) in [6.07, 6.45) is 1.68. The number of halogens is 2. The smallest absolute Gasteiger partial charge is 0.246 e. The van der Waals surface area contributed by atoms with E-state index in [1.54, 1.807) is 0 Å². The van der Waals surface area contributed by atoms with E-state index in [0.29, 0.717) is 38.7 Å². The number of nitrogens with one attached hydrogen (secondary N) is 1. The third-order valence-corrected chi connectivity index (χ3v) is 6.50. The normalized spacial score (nSPS) is 17.7. The van der Waals surface area contributed by atoms with Gasteiger partial charge in [-0.05, 0) is 31.2 Å². The van der Waals surface area contributed by atoms with Gasteiger partial charge in [0.25, 0.3) is 0 Å². The molecule has 0 atom stereocenters. The Morgan fingerprint density at radius 3 is 2.32 bits per heavy atom. The summed E-state index contributed by atoms with van der Waals surface area (Å²) in [5, 5.41) is 0. The second-order valence-corrected chi connectivity index (χ2v) is 9.58. The van der Waals surface area contributed by atoms with Gasteiger partial charge in [0.05, 0.1) is 6.26 Å². The third kappa shape index (κ3) is 5.68. The van der Waals surface area contributed by atoms with Crippen molar-refractivity contribution in [3.8, 4) is 0 Å². The van der Waals surface area contributed by atoms with Gasteiger partial charge in [0.2, 0.25) is 20.0 Å². The van der Waals surface area contributed by atoms with Gasteiger partial charge >= 0.3 is 0 Å². The first-order valence-electron chi connectivity index (χ1n) is 7.72. The van der Waals surface area contributed by atoms with E-state index in [2.05, 4.69) is 4.72 Å². The van der Waals surface area contributed by atoms with Crippen molar-refractivity contribution in [2.24, 2.45) is 0 Å². The Morgan fingerprint density at radius 1 is 1.08 bits per heavy atom. The first-order valence-corrected chi connectivity index (χ1v) is 11.0. The van der Waals surface area contributed by atoms with Gasteiger partial charge in [-0.3, -0.25) is 0 Å². The summed E-state index contributed by atoms with van der Waals surface area (Å²) in [7, 11) is -7.30. The van der Waals surface area contributed by atoms with E-state index in [1.165, 1.54) is 0 Å². The monoisotopic (exact) mass is 397 g/mol. The van der Waals surface area contributed by atoms with Crippen molar-refractivity contribution in [2.45, 2.75) is 11.3 Å². The fourth-order valence-electron chi connectivity index (χ4n) is 2.57. The summed E-state index contributed by atoms with van der Waals surface area (Å²) in [5.74, 6) is -1.78. The molecule has 1 fully saturated rings. The van der Waals surface area contributed by atoms with E-state index in [4.69, 9.17) is 0 Å². The molecule has 0 saturated carbocycles. The number of nitrogens with zero attached hydrogens (tertiary/aromatic N) is 2. The van der Waals surface area contributed by atoms with Crippen LogP contribution in [0.1, 0.15) is 6.42 Å². The minimum Gasteiger partial charge on any atom is -0.301 e. The van der Waals surface area contributed by atoms with Crippen molar-refractivity contribution in [3.05, 3.63) is 29.8 Å². The van der Waals surface area contributed by atoms with Crippen LogP contribution in [0.15, 0.2) is 23.1 Å². The molecule has 0 aliphatic carbocycles. The number of rotatable bonds is 7. The molecule has 0 unspecified atom stereocenters. The first-order chi connectivity index (χ1) is 11.6. The van der Waals surface area contributed by atoms with E-state index in [-0.39, 0.29) is 13.1 Å². The van der Waals surface area contributed by atoms with Crippen LogP contribution in [-0.2, 0) is 20.0 Å². The molecule has 1 saturated heterocycles. The lowest BCUT2D eigenvalue weighted by atomic mass is 10.3. The molecule has 1 aromatic rings. The molecule has 2 rings (SSSR count). The Morgan fingerprint density at radius 2 is 1.72 bits per heavy atom. The molecule has 0 amide bonds. The van der Waals surface area contributed by atoms with Gasteiger partial charge in [0.15, 0.2) is 0 Å². The molecule has 142 valence electrons. The molecular formula is C14H21F2N3O4S2. The maximum atomic E-state index is 13.8. The molecule has 0 spiro atoms. The number of benzene rings is 1. The van der Waals surface area contributed by atoms with Crippen LogP contribution in [0.3, 0.4) is 0 Å². The maximum absolute atomic E-state index is 13.8. The number of hydrogen-bond acceptors (Lipinski definition) is 5. The Hall–Kier alpha value is -1.14. The topological polar surface area (TPSA) is 86.8 Å². The minimum absolute atomic E-state index is 0.164. The highest BCUT2D eigenvalue weighted by atomic mass is 32.2. The highest BCUT2D eigenvalue weighted by Gasteiger charge is 2.30. The Kier molecular flexibility index (Phi) is 6.49. The average Bonchev–Trinajstić information content (AvgIpc) is 2.53. The van der Waals surface area contributed by atoms with Gasteiger partial charge in [-0.1, -0.05) is 0 Å². The van der Waals surface area contributed by atoms with Gasteiger partial charge in [0.1, 0.15) is 16.5 Å². The van der Waals surface area contributed by atoms with Gasteiger partial charge in [-0.15, -0.1) is 0 Å². The Balaban J connectivity index is 1.90. The predicted octanol–water partition coefficient (Wildman–Crippen LogP) is 0.210. The Labute approximate surface area is 146 Å². The second kappa shape index (κ2) is 8.04. The lowest BCUT2D eigenvalue weighted by molar-refractivity contribution is 0.187. The highest BCUT2D eigenvalue weighted by Crippen LogP contribution is 2.21. The molecule has 1 heterocycles. The fraction of sp³-hybridized carbons (Fsp3) is 0.571. The standard InChI is InChI=1S/C14H21F2N3O4S2/c1-24(20,21)17-5-2-6-18-7-9-19(10-8-18)25(22,23)14-11-12(15)3-4-13(14)16/h3-4,11,17H,2,5-10H2,1H3. The summed E-state index contributed by atoms with van der Waals surface area (Å²) < 4.78 is 77.4. The first kappa shape index (κ1) is 20.2. The number of hydrogen-bond donors (Lipinski definition) is 1. The zero-order chi connectivity index (χ0) is 18.7. The molecular weight excluding hydrogens is 376 g/mol. The molecule has 7 nitrogen and oxygen atoms in total. The van der Waals surface area contributed by atoms with Gasteiger partial charge in [-0.2, -0.15) is 4.31 Å². The van der Waals surface area contributed by atoms with Crippen molar-refractivity contribution < 1.29 is 25.6 Å². The van der Waals surface area contributed by atoms with Crippen molar-refractivity contribution in [2.75, 3.05) is 45.5 Å². The molecule has 1 N–H and O–H groups in total. The highest BCUT2D eigenvalue weighted by molar-refractivity contribution is 7.89. The lowest BCUT2D eigenvalue weighted by Gasteiger charge is -2.34. The van der Waals surface area contributed by atoms with Crippen LogP contribution < -0.4 is 4.72 Å². The SMILES string of the molecule is CS(=O)(=O)NCCCN1CCN(S(=O)(=O)c2cc(F)ccc2F)CC1. The van der Waals surface area contributed by atoms with E-state index >= 15 is 0 Å². The summed E-state index contributed by atoms with van der Waals surface area (Å²) in [6.45, 7) is 2.14. The van der Waals surface area contributed by atoms with Crippen LogP contribution in [-0.4, -0.2) is 71.6 Å². The predicted molar refractivity (Wildman–Crippen MR) is 89.0 cm³/mol. The average molecular weight is 397 g/mol. The maximum Gasteiger partial charge on any atom is 0.246 e. The van der Waals surface area contributed by atoms with Gasteiger partial charge in [-0.25, -0.2) is 30.3 Å². The molecule has 1 aromatic carbocycles. The molecule has 0 bridgehead atoms. The lowest BCUT2D eigenvalue weighted by Crippen LogP contribution is -2.49. The second-order valence-electron chi connectivity index (χ2n) is 5.84. The van der Waals surface area contributed by atoms with E-state index in [0.717, 1.165) is 22.7 Å². The Bertz CT molecular complexity index is 807. The van der Waals surface area contributed by atoms with Crippen LogP contribution in [0, 0.1) is 11.6 Å². The van der Waals surface area contributed by atoms with Crippen LogP contribution in [0.5, 0.6) is 0 Å². The van der Waals surface area contributed by atoms with Crippen molar-refractivity contribution in [1.29, 1.82) is 0 Å². The molecule has 1 aliphatic rings. The van der Waals surface area contributed by atoms with E-state index < -0.39 is 36.6 Å². The molecule has 11 heteroatoms. The van der Waals surface area contributed by atoms with E-state index in [1.807, 2.05) is 4.90 Å². The quantitative estimate of drug-likeness (QED) is 0.665. The fourth-order valence-corrected chi connectivity index (χ4v) is 4.58. The van der Waals surface area contributed by atoms with Crippen molar-refractivity contribution in [1.82, 2.24) is 13.9 Å². The van der Waals surface area contributed by atoms with Crippen LogP contribution in [0.25, 0.3) is 0 Å². The molecule has 0 aromatic heterocycles. The van der Waals surface area contributed by atoms with Crippen LogP contribution >= 0.6 is 0 Å². The van der Waals surface area contributed by atoms with Gasteiger partial charge < -0.3 is 4.90 Å². The summed E-state index contributed by atoms with van der Waals surface area (Å²) >= 11 is 0. The molecule has 1 aliphatic heterocycles. The zero-order valence-electron chi connectivity index (χ0n) is 13.8. The number of sulfonamides is 2. The van der Waals surface area contributed by atoms with Crippen LogP contribution in [0.2, 0.25) is 0 Å². The summed E-state index contributed by atoms with van der Waals surface area (Å²) in [6, 6.07) is 2.36. The minimum atomic E-state index is -4.08. The van der Waals surface area contributed by atoms with E-state index in [9.17, 15) is 25.6 Å². The summed E-state index contributed by atoms with van der Waals surface area (Å²) in [5.41, 5.74) is 0. The zero-order valence-corrected chi connectivity index (χ0v) is 15.4. The summed E-state index contributed by atoms with van der Waals surface area (Å²) in [4.78, 5) is 1.34.